The Balaban J connectivity index is 0.000000700. The second kappa shape index (κ2) is 17.6. The van der Waals surface area contributed by atoms with Crippen molar-refractivity contribution < 1.29 is 36.6 Å². The molecule has 2 rings (SSSR count). The van der Waals surface area contributed by atoms with Gasteiger partial charge in [-0.1, -0.05) is 39.8 Å². The van der Waals surface area contributed by atoms with Gasteiger partial charge in [-0.3, -0.25) is 0 Å². The molecule has 0 bridgehead atoms. The van der Waals surface area contributed by atoms with Gasteiger partial charge in [-0.2, -0.15) is 0 Å². The molecule has 40 heavy (non-hydrogen) atoms. The molecule has 0 radical (unpaired) electrons. The number of benzene rings is 2. The Labute approximate surface area is 241 Å². The maximum Gasteiger partial charge on any atom is 0.125 e. The maximum atomic E-state index is 11.3. The fourth-order valence-electron chi connectivity index (χ4n) is 3.60. The number of nitrogens with two attached hydrogens (primary N) is 4. The maximum absolute atomic E-state index is 11.3. The van der Waals surface area contributed by atoms with Crippen molar-refractivity contribution in [2.24, 2.45) is 0 Å². The first-order valence-corrected chi connectivity index (χ1v) is 16.6. The van der Waals surface area contributed by atoms with Crippen molar-refractivity contribution in [2.75, 3.05) is 11.5 Å². The molecular formula is C28H50N4O6S2. The minimum atomic E-state index is -4.93. The number of hydrogen-bond donors (Lipinski definition) is 4. The molecule has 10 nitrogen and oxygen atoms in total. The lowest BCUT2D eigenvalue weighted by Gasteiger charge is -2.18. The molecule has 8 N–H and O–H groups in total. The Morgan fingerprint density at radius 3 is 1.05 bits per heavy atom. The van der Waals surface area contributed by atoms with Crippen molar-refractivity contribution in [3.63, 3.8) is 0 Å². The molecule has 0 aliphatic heterocycles. The van der Waals surface area contributed by atoms with Gasteiger partial charge in [-0.25, -0.2) is 16.8 Å². The van der Waals surface area contributed by atoms with E-state index in [1.54, 1.807) is 0 Å². The summed E-state index contributed by atoms with van der Waals surface area (Å²) in [5.41, 5.74) is 10.4. The van der Waals surface area contributed by atoms with Crippen LogP contribution in [0.5, 0.6) is 0 Å². The van der Waals surface area contributed by atoms with Crippen LogP contribution in [-0.4, -0.2) is 50.1 Å². The standard InChI is InChI=1S/C12H12N2O6S2.2C8H19N/c13-7-1-3-9(11(5-7)21(15,16)17)10-4-2-8(14)6-12(10)22(18,19)20;2*1-5-7(3)9-8(4)6-2/h1-6H,13-14H2,(H,15,16,17)(H,18,19,20);2*7-9H,5-6H2,1-4H3. The van der Waals surface area contributed by atoms with E-state index in [0.717, 1.165) is 48.4 Å². The van der Waals surface area contributed by atoms with Gasteiger partial charge in [-0.15, -0.1) is 0 Å². The van der Waals surface area contributed by atoms with Crippen LogP contribution < -0.4 is 22.1 Å². The molecule has 0 heterocycles. The summed E-state index contributed by atoms with van der Waals surface area (Å²) in [6.45, 7) is 18.1. The summed E-state index contributed by atoms with van der Waals surface area (Å²) in [5, 5.41) is 4.89. The molecule has 2 aromatic carbocycles. The molecule has 0 aliphatic rings. The summed E-state index contributed by atoms with van der Waals surface area (Å²) < 4.78 is 68.1. The highest BCUT2D eigenvalue weighted by Crippen LogP contribution is 2.34. The van der Waals surface area contributed by atoms with Crippen molar-refractivity contribution in [3.05, 3.63) is 36.4 Å². The van der Waals surface area contributed by atoms with Crippen LogP contribution in [0, 0.1) is 0 Å². The molecule has 0 saturated heterocycles. The molecule has 12 heteroatoms. The first-order valence-electron chi connectivity index (χ1n) is 13.8. The summed E-state index contributed by atoms with van der Waals surface area (Å²) in [7, 11) is -9.87. The molecule has 4 unspecified atom stereocenters. The van der Waals surface area contributed by atoms with E-state index in [4.69, 9.17) is 11.5 Å². The van der Waals surface area contributed by atoms with Crippen LogP contribution in [-0.2, 0) is 20.2 Å². The zero-order valence-electron chi connectivity index (χ0n) is 25.2. The van der Waals surface area contributed by atoms with E-state index in [0.29, 0.717) is 0 Å². The number of nitrogen functional groups attached to an aromatic ring is 2. The largest absolute Gasteiger partial charge is 0.744 e. The topological polar surface area (TPSA) is 200 Å². The lowest BCUT2D eigenvalue weighted by atomic mass is 10.0. The van der Waals surface area contributed by atoms with E-state index >= 15 is 0 Å². The first-order chi connectivity index (χ1) is 18.4. The lowest BCUT2D eigenvalue weighted by molar-refractivity contribution is -0.716. The van der Waals surface area contributed by atoms with Gasteiger partial charge in [0.2, 0.25) is 0 Å². The smallest absolute Gasteiger partial charge is 0.125 e. The Morgan fingerprint density at radius 2 is 0.850 bits per heavy atom. The number of rotatable bonds is 11. The highest BCUT2D eigenvalue weighted by atomic mass is 32.2. The average Bonchev–Trinajstić information content (AvgIpc) is 2.88. The molecule has 0 aliphatic carbocycles. The van der Waals surface area contributed by atoms with Gasteiger partial charge in [0.05, 0.1) is 34.0 Å². The fourth-order valence-corrected chi connectivity index (χ4v) is 5.06. The summed E-state index contributed by atoms with van der Waals surface area (Å²) in [6.07, 6.45) is 5.13. The second-order valence-electron chi connectivity index (χ2n) is 10.3. The monoisotopic (exact) mass is 602 g/mol. The third-order valence-electron chi connectivity index (χ3n) is 6.73. The van der Waals surface area contributed by atoms with Crippen LogP contribution in [0.2, 0.25) is 0 Å². The Bertz CT molecular complexity index is 1140. The molecule has 2 aromatic rings. The average molecular weight is 603 g/mol. The minimum absolute atomic E-state index is 0.000139. The van der Waals surface area contributed by atoms with Crippen LogP contribution in [0.25, 0.3) is 11.1 Å². The summed E-state index contributed by atoms with van der Waals surface area (Å²) in [5.74, 6) is 0. The normalized spacial score (nSPS) is 14.6. The molecule has 0 saturated carbocycles. The Morgan fingerprint density at radius 1 is 0.600 bits per heavy atom. The molecule has 230 valence electrons. The van der Waals surface area contributed by atoms with Crippen molar-refractivity contribution in [1.82, 2.24) is 0 Å². The van der Waals surface area contributed by atoms with Crippen molar-refractivity contribution in [3.8, 4) is 11.1 Å². The summed E-state index contributed by atoms with van der Waals surface area (Å²) in [4.78, 5) is -1.44. The van der Waals surface area contributed by atoms with E-state index < -0.39 is 30.0 Å². The zero-order valence-corrected chi connectivity index (χ0v) is 26.8. The zero-order chi connectivity index (χ0) is 31.3. The van der Waals surface area contributed by atoms with Crippen molar-refractivity contribution >= 4 is 31.6 Å². The van der Waals surface area contributed by atoms with E-state index in [2.05, 4.69) is 66.0 Å². The molecule has 0 aromatic heterocycles. The van der Waals surface area contributed by atoms with Crippen molar-refractivity contribution in [2.45, 2.75) is 115 Å². The van der Waals surface area contributed by atoms with E-state index in [1.807, 2.05) is 0 Å². The highest BCUT2D eigenvalue weighted by Gasteiger charge is 2.17. The summed E-state index contributed by atoms with van der Waals surface area (Å²) in [6, 6.07) is 9.88. The summed E-state index contributed by atoms with van der Waals surface area (Å²) >= 11 is 0. The molecule has 4 atom stereocenters. The van der Waals surface area contributed by atoms with Crippen LogP contribution in [0.4, 0.5) is 11.4 Å². The van der Waals surface area contributed by atoms with E-state index in [9.17, 15) is 25.9 Å². The Kier molecular flexibility index (Phi) is 16.6. The number of anilines is 2. The highest BCUT2D eigenvalue weighted by molar-refractivity contribution is 7.86. The first kappa shape index (κ1) is 37.8. The molecule has 0 amide bonds. The van der Waals surface area contributed by atoms with Gasteiger partial charge >= 0.3 is 0 Å². The minimum Gasteiger partial charge on any atom is -0.744 e. The van der Waals surface area contributed by atoms with Gasteiger partial charge in [-0.05, 0) is 77.6 Å². The lowest BCUT2D eigenvalue weighted by Crippen LogP contribution is -2.93. The predicted molar refractivity (Wildman–Crippen MR) is 159 cm³/mol. The van der Waals surface area contributed by atoms with E-state index in [1.165, 1.54) is 37.8 Å². The van der Waals surface area contributed by atoms with Gasteiger partial charge in [0.15, 0.2) is 0 Å². The van der Waals surface area contributed by atoms with Crippen LogP contribution in [0.1, 0.15) is 81.1 Å². The molecule has 0 fully saturated rings. The molecular weight excluding hydrogens is 552 g/mol. The number of quaternary nitrogens is 2. The van der Waals surface area contributed by atoms with Gasteiger partial charge < -0.3 is 31.2 Å². The SMILES string of the molecule is CCC(C)[NH2+]C(C)CC.CCC(C)[NH2+]C(C)CC.Nc1ccc(-c2ccc(N)cc2S(=O)(=O)[O-])c(S(=O)(=O)[O-])c1. The van der Waals surface area contributed by atoms with Crippen LogP contribution in [0.3, 0.4) is 0 Å². The van der Waals surface area contributed by atoms with Crippen molar-refractivity contribution in [1.29, 1.82) is 0 Å². The predicted octanol–water partition coefficient (Wildman–Crippen LogP) is 2.62. The quantitative estimate of drug-likeness (QED) is 0.222. The van der Waals surface area contributed by atoms with Gasteiger partial charge in [0.1, 0.15) is 20.2 Å². The van der Waals surface area contributed by atoms with Gasteiger partial charge in [0.25, 0.3) is 0 Å². The Hall–Kier alpha value is -2.22. The third-order valence-corrected chi connectivity index (χ3v) is 8.48. The van der Waals surface area contributed by atoms with E-state index in [-0.39, 0.29) is 22.5 Å². The van der Waals surface area contributed by atoms with Crippen LogP contribution in [0.15, 0.2) is 46.2 Å². The third kappa shape index (κ3) is 13.9. The molecule has 0 spiro atoms. The second-order valence-corrected chi connectivity index (χ2v) is 13.0. The van der Waals surface area contributed by atoms with Crippen LogP contribution >= 0.6 is 0 Å². The van der Waals surface area contributed by atoms with Gasteiger partial charge in [0, 0.05) is 22.5 Å². The number of hydrogen-bond acceptors (Lipinski definition) is 8. The fraction of sp³-hybridized carbons (Fsp3) is 0.571.